The van der Waals surface area contributed by atoms with E-state index in [2.05, 4.69) is 6.92 Å². The number of rotatable bonds is 10. The number of aromatic carboxylic acids is 1. The molecule has 2 aromatic carbocycles. The Morgan fingerprint density at radius 2 is 1.37 bits per heavy atom. The van der Waals surface area contributed by atoms with Gasteiger partial charge in [0.25, 0.3) is 0 Å². The van der Waals surface area contributed by atoms with Crippen LogP contribution in [0.5, 0.6) is 0 Å². The van der Waals surface area contributed by atoms with Gasteiger partial charge >= 0.3 is 5.97 Å². The van der Waals surface area contributed by atoms with Gasteiger partial charge in [-0.3, -0.25) is 0 Å². The van der Waals surface area contributed by atoms with Gasteiger partial charge in [0.2, 0.25) is 0 Å². The van der Waals surface area contributed by atoms with E-state index < -0.39 is 34.8 Å². The highest BCUT2D eigenvalue weighted by molar-refractivity contribution is 5.90. The summed E-state index contributed by atoms with van der Waals surface area (Å²) < 4.78 is 57.1. The monoisotopic (exact) mass is 532 g/mol. The van der Waals surface area contributed by atoms with E-state index in [0.717, 1.165) is 49.7 Å². The Bertz CT molecular complexity index is 1080. The highest BCUT2D eigenvalue weighted by atomic mass is 19.2. The number of unbranched alkanes of at least 4 members (excludes halogenated alkanes) is 4. The standard InChI is InChI=1S/C32H40F4O2/c1-2-3-4-5-6-7-20-8-10-21(11-9-20)22-12-14-23(15-13-22)25-16-17-26(32(37)38)30(35)29(25)24-18-27(33)31(36)28(34)19-24/h16-23H,2-15H2,1H3,(H,37,38)/t20-,21-,22?,23?. The zero-order valence-electron chi connectivity index (χ0n) is 22.4. The summed E-state index contributed by atoms with van der Waals surface area (Å²) in [5, 5.41) is 9.42. The van der Waals surface area contributed by atoms with Crippen molar-refractivity contribution in [3.8, 4) is 11.1 Å². The van der Waals surface area contributed by atoms with Crippen LogP contribution in [0.3, 0.4) is 0 Å². The van der Waals surface area contributed by atoms with Crippen molar-refractivity contribution in [2.45, 2.75) is 103 Å². The summed E-state index contributed by atoms with van der Waals surface area (Å²) >= 11 is 0. The number of carboxylic acid groups (broad SMARTS) is 1. The predicted octanol–water partition coefficient (Wildman–Crippen LogP) is 10.0. The van der Waals surface area contributed by atoms with E-state index in [0.29, 0.717) is 11.5 Å². The molecule has 0 unspecified atom stereocenters. The van der Waals surface area contributed by atoms with Gasteiger partial charge in [-0.05, 0) is 91.5 Å². The minimum Gasteiger partial charge on any atom is -0.478 e. The number of halogens is 4. The molecule has 2 aromatic rings. The van der Waals surface area contributed by atoms with Crippen molar-refractivity contribution in [2.24, 2.45) is 17.8 Å². The first kappa shape index (κ1) is 28.6. The van der Waals surface area contributed by atoms with E-state index in [9.17, 15) is 23.1 Å². The molecule has 0 amide bonds. The van der Waals surface area contributed by atoms with Crippen LogP contribution in [0.4, 0.5) is 17.6 Å². The van der Waals surface area contributed by atoms with Gasteiger partial charge in [-0.15, -0.1) is 0 Å². The first-order valence-electron chi connectivity index (χ1n) is 14.5. The average Bonchev–Trinajstić information content (AvgIpc) is 2.91. The SMILES string of the molecule is CCCCCCC[C@H]1CC[C@H](C2CCC(c3ccc(C(=O)O)c(F)c3-c3cc(F)c(F)c(F)c3)CC2)CC1. The first-order chi connectivity index (χ1) is 18.3. The fourth-order valence-electron chi connectivity index (χ4n) is 6.98. The van der Waals surface area contributed by atoms with Gasteiger partial charge in [-0.1, -0.05) is 64.4 Å². The molecule has 0 spiro atoms. The van der Waals surface area contributed by atoms with E-state index in [1.54, 1.807) is 6.07 Å². The third-order valence-corrected chi connectivity index (χ3v) is 9.16. The van der Waals surface area contributed by atoms with Crippen LogP contribution < -0.4 is 0 Å². The molecule has 0 atom stereocenters. The molecule has 2 nitrogen and oxygen atoms in total. The van der Waals surface area contributed by atoms with Gasteiger partial charge in [-0.25, -0.2) is 22.4 Å². The van der Waals surface area contributed by atoms with Crippen LogP contribution in [0.2, 0.25) is 0 Å². The average molecular weight is 533 g/mol. The third-order valence-electron chi connectivity index (χ3n) is 9.16. The fraction of sp³-hybridized carbons (Fsp3) is 0.594. The molecule has 0 radical (unpaired) electrons. The highest BCUT2D eigenvalue weighted by Gasteiger charge is 2.33. The Morgan fingerprint density at radius 1 is 0.789 bits per heavy atom. The Morgan fingerprint density at radius 3 is 1.95 bits per heavy atom. The summed E-state index contributed by atoms with van der Waals surface area (Å²) in [6.07, 6.45) is 16.8. The van der Waals surface area contributed by atoms with Crippen LogP contribution in [-0.2, 0) is 0 Å². The predicted molar refractivity (Wildman–Crippen MR) is 142 cm³/mol. The van der Waals surface area contributed by atoms with E-state index in [1.165, 1.54) is 70.3 Å². The number of carboxylic acids is 1. The number of carbonyl (C=O) groups is 1. The lowest BCUT2D eigenvalue weighted by molar-refractivity contribution is 0.0692. The van der Waals surface area contributed by atoms with Crippen LogP contribution in [0.1, 0.15) is 119 Å². The van der Waals surface area contributed by atoms with Crippen molar-refractivity contribution in [1.29, 1.82) is 0 Å². The van der Waals surface area contributed by atoms with Gasteiger partial charge in [-0.2, -0.15) is 0 Å². The van der Waals surface area contributed by atoms with Crippen LogP contribution in [-0.4, -0.2) is 11.1 Å². The molecule has 2 fully saturated rings. The Labute approximate surface area is 223 Å². The molecule has 0 aliphatic heterocycles. The first-order valence-corrected chi connectivity index (χ1v) is 14.5. The Hall–Kier alpha value is -2.37. The van der Waals surface area contributed by atoms with Crippen molar-refractivity contribution in [3.05, 3.63) is 58.7 Å². The molecule has 2 aliphatic carbocycles. The van der Waals surface area contributed by atoms with E-state index in [4.69, 9.17) is 0 Å². The largest absolute Gasteiger partial charge is 0.478 e. The van der Waals surface area contributed by atoms with E-state index >= 15 is 4.39 Å². The maximum Gasteiger partial charge on any atom is 0.338 e. The van der Waals surface area contributed by atoms with Crippen molar-refractivity contribution in [3.63, 3.8) is 0 Å². The molecule has 6 heteroatoms. The number of hydrogen-bond donors (Lipinski definition) is 1. The molecular weight excluding hydrogens is 492 g/mol. The van der Waals surface area contributed by atoms with Crippen molar-refractivity contribution in [1.82, 2.24) is 0 Å². The van der Waals surface area contributed by atoms with Crippen molar-refractivity contribution < 1.29 is 27.5 Å². The Balaban J connectivity index is 1.42. The summed E-state index contributed by atoms with van der Waals surface area (Å²) in [6, 6.07) is 4.29. The lowest BCUT2D eigenvalue weighted by Gasteiger charge is -2.38. The zero-order valence-corrected chi connectivity index (χ0v) is 22.4. The van der Waals surface area contributed by atoms with Crippen molar-refractivity contribution in [2.75, 3.05) is 0 Å². The normalized spacial score (nSPS) is 23.9. The molecule has 1 N–H and O–H groups in total. The second kappa shape index (κ2) is 13.1. The highest BCUT2D eigenvalue weighted by Crippen LogP contribution is 2.47. The molecule has 2 saturated carbocycles. The molecule has 38 heavy (non-hydrogen) atoms. The molecule has 208 valence electrons. The van der Waals surface area contributed by atoms with Crippen LogP contribution in [0.15, 0.2) is 24.3 Å². The molecule has 0 bridgehead atoms. The zero-order chi connectivity index (χ0) is 27.2. The van der Waals surface area contributed by atoms with Crippen LogP contribution in [0.25, 0.3) is 11.1 Å². The van der Waals surface area contributed by atoms with Gasteiger partial charge in [0.15, 0.2) is 17.5 Å². The maximum atomic E-state index is 15.4. The lowest BCUT2D eigenvalue weighted by atomic mass is 9.67. The lowest BCUT2D eigenvalue weighted by Crippen LogP contribution is -2.25. The summed E-state index contributed by atoms with van der Waals surface area (Å²) in [5.74, 6) is -4.81. The molecule has 0 heterocycles. The maximum absolute atomic E-state index is 15.4. The van der Waals surface area contributed by atoms with E-state index in [1.807, 2.05) is 0 Å². The summed E-state index contributed by atoms with van der Waals surface area (Å²) in [6.45, 7) is 2.24. The van der Waals surface area contributed by atoms with Crippen molar-refractivity contribution >= 4 is 5.97 Å². The Kier molecular flexibility index (Phi) is 9.89. The molecular formula is C32H40F4O2. The quantitative estimate of drug-likeness (QED) is 0.188. The second-order valence-corrected chi connectivity index (χ2v) is 11.5. The summed E-state index contributed by atoms with van der Waals surface area (Å²) in [5.41, 5.74) is -0.328. The second-order valence-electron chi connectivity index (χ2n) is 11.5. The molecule has 0 aromatic heterocycles. The smallest absolute Gasteiger partial charge is 0.338 e. The summed E-state index contributed by atoms with van der Waals surface area (Å²) in [7, 11) is 0. The van der Waals surface area contributed by atoms with Crippen LogP contribution in [0, 0.1) is 41.0 Å². The molecule has 4 rings (SSSR count). The van der Waals surface area contributed by atoms with Gasteiger partial charge in [0, 0.05) is 5.56 Å². The minimum absolute atomic E-state index is 0.0470. The van der Waals surface area contributed by atoms with E-state index in [-0.39, 0.29) is 17.0 Å². The number of benzene rings is 2. The molecule has 0 saturated heterocycles. The van der Waals surface area contributed by atoms with Gasteiger partial charge in [0.05, 0.1) is 5.56 Å². The fourth-order valence-corrected chi connectivity index (χ4v) is 6.98. The molecule has 2 aliphatic rings. The third kappa shape index (κ3) is 6.60. The topological polar surface area (TPSA) is 37.3 Å². The van der Waals surface area contributed by atoms with Gasteiger partial charge in [0.1, 0.15) is 5.82 Å². The van der Waals surface area contributed by atoms with Gasteiger partial charge < -0.3 is 5.11 Å². The van der Waals surface area contributed by atoms with Crippen LogP contribution >= 0.6 is 0 Å². The number of hydrogen-bond acceptors (Lipinski definition) is 1. The summed E-state index contributed by atoms with van der Waals surface area (Å²) in [4.78, 5) is 11.6. The minimum atomic E-state index is -1.63.